The Morgan fingerprint density at radius 2 is 2.39 bits per heavy atom. The number of nitrogens with one attached hydrogen (secondary N) is 1. The molecule has 7 nitrogen and oxygen atoms in total. The average Bonchev–Trinajstić information content (AvgIpc) is 2.82. The van der Waals surface area contributed by atoms with Crippen molar-refractivity contribution in [2.45, 2.75) is 6.92 Å². The molecule has 2 rings (SSSR count). The molecular weight excluding hydrogens is 232 g/mol. The van der Waals surface area contributed by atoms with E-state index in [2.05, 4.69) is 15.3 Å². The van der Waals surface area contributed by atoms with Crippen LogP contribution in [0.15, 0.2) is 18.6 Å². The Morgan fingerprint density at radius 1 is 1.61 bits per heavy atom. The summed E-state index contributed by atoms with van der Waals surface area (Å²) in [6, 6.07) is 0. The lowest BCUT2D eigenvalue weighted by Gasteiger charge is -2.15. The van der Waals surface area contributed by atoms with E-state index in [0.29, 0.717) is 23.8 Å². The van der Waals surface area contributed by atoms with E-state index in [9.17, 15) is 4.79 Å². The van der Waals surface area contributed by atoms with Gasteiger partial charge in [-0.3, -0.25) is 4.79 Å². The van der Waals surface area contributed by atoms with E-state index < -0.39 is 0 Å². The molecule has 0 aliphatic heterocycles. The summed E-state index contributed by atoms with van der Waals surface area (Å²) in [4.78, 5) is 21.6. The van der Waals surface area contributed by atoms with Crippen molar-refractivity contribution < 1.29 is 4.79 Å². The summed E-state index contributed by atoms with van der Waals surface area (Å²) < 4.78 is 1.76. The second-order valence-electron chi connectivity index (χ2n) is 3.93. The third-order valence-corrected chi connectivity index (χ3v) is 2.70. The molecule has 96 valence electrons. The third kappa shape index (κ3) is 2.34. The highest BCUT2D eigenvalue weighted by molar-refractivity contribution is 5.81. The monoisotopic (exact) mass is 248 g/mol. The lowest BCUT2D eigenvalue weighted by Crippen LogP contribution is -2.32. The number of likely N-dealkylation sites (N-methyl/N-ethyl adjacent to an activating group) is 1. The molecule has 0 saturated carbocycles. The maximum atomic E-state index is 11.7. The SMILES string of the molecule is CCN(C)C(=O)CNc1nc(N)cn2ccnc12. The maximum Gasteiger partial charge on any atom is 0.241 e. The summed E-state index contributed by atoms with van der Waals surface area (Å²) >= 11 is 0. The van der Waals surface area contributed by atoms with Gasteiger partial charge in [-0.25, -0.2) is 9.97 Å². The Balaban J connectivity index is 2.16. The van der Waals surface area contributed by atoms with Crippen LogP contribution in [-0.4, -0.2) is 45.3 Å². The molecule has 0 unspecified atom stereocenters. The molecule has 0 fully saturated rings. The molecule has 0 atom stereocenters. The molecule has 0 aliphatic rings. The first-order chi connectivity index (χ1) is 8.61. The van der Waals surface area contributed by atoms with Gasteiger partial charge >= 0.3 is 0 Å². The van der Waals surface area contributed by atoms with Gasteiger partial charge in [-0.2, -0.15) is 0 Å². The first kappa shape index (κ1) is 12.2. The van der Waals surface area contributed by atoms with Gasteiger partial charge < -0.3 is 20.4 Å². The lowest BCUT2D eigenvalue weighted by molar-refractivity contribution is -0.127. The van der Waals surface area contributed by atoms with E-state index in [0.717, 1.165) is 0 Å². The number of amides is 1. The van der Waals surface area contributed by atoms with Gasteiger partial charge in [0.1, 0.15) is 5.82 Å². The van der Waals surface area contributed by atoms with Crippen LogP contribution in [0.3, 0.4) is 0 Å². The Kier molecular flexibility index (Phi) is 3.31. The van der Waals surface area contributed by atoms with E-state index in [1.807, 2.05) is 6.92 Å². The maximum absolute atomic E-state index is 11.7. The highest BCUT2D eigenvalue weighted by atomic mass is 16.2. The number of hydrogen-bond donors (Lipinski definition) is 2. The van der Waals surface area contributed by atoms with Crippen LogP contribution in [0, 0.1) is 0 Å². The van der Waals surface area contributed by atoms with Crippen LogP contribution < -0.4 is 11.1 Å². The summed E-state index contributed by atoms with van der Waals surface area (Å²) in [5.41, 5.74) is 6.33. The number of carbonyl (C=O) groups excluding carboxylic acids is 1. The van der Waals surface area contributed by atoms with Crippen molar-refractivity contribution in [3.8, 4) is 0 Å². The van der Waals surface area contributed by atoms with Crippen molar-refractivity contribution >= 4 is 23.2 Å². The minimum absolute atomic E-state index is 0.00793. The van der Waals surface area contributed by atoms with Crippen molar-refractivity contribution in [2.75, 3.05) is 31.2 Å². The number of carbonyl (C=O) groups is 1. The lowest BCUT2D eigenvalue weighted by atomic mass is 10.4. The molecular formula is C11H16N6O. The van der Waals surface area contributed by atoms with Gasteiger partial charge in [0.25, 0.3) is 0 Å². The number of fused-ring (bicyclic) bond motifs is 1. The fourth-order valence-electron chi connectivity index (χ4n) is 1.54. The van der Waals surface area contributed by atoms with Gasteiger partial charge in [0.15, 0.2) is 11.5 Å². The molecule has 2 aromatic rings. The average molecular weight is 248 g/mol. The van der Waals surface area contributed by atoms with Crippen molar-refractivity contribution in [1.82, 2.24) is 19.3 Å². The van der Waals surface area contributed by atoms with Gasteiger partial charge in [0.2, 0.25) is 5.91 Å². The number of hydrogen-bond acceptors (Lipinski definition) is 5. The predicted molar refractivity (Wildman–Crippen MR) is 69.2 cm³/mol. The largest absolute Gasteiger partial charge is 0.382 e. The van der Waals surface area contributed by atoms with Crippen molar-refractivity contribution in [1.29, 1.82) is 0 Å². The molecule has 2 heterocycles. The molecule has 0 saturated heterocycles. The highest BCUT2D eigenvalue weighted by Crippen LogP contribution is 2.14. The summed E-state index contributed by atoms with van der Waals surface area (Å²) in [6.45, 7) is 2.76. The van der Waals surface area contributed by atoms with Gasteiger partial charge in [0.05, 0.1) is 12.7 Å². The molecule has 0 radical (unpaired) electrons. The van der Waals surface area contributed by atoms with Crippen LogP contribution in [0.25, 0.3) is 5.65 Å². The zero-order chi connectivity index (χ0) is 13.1. The molecule has 0 spiro atoms. The summed E-state index contributed by atoms with van der Waals surface area (Å²) in [5, 5.41) is 2.96. The minimum atomic E-state index is -0.00793. The molecule has 0 aliphatic carbocycles. The molecule has 7 heteroatoms. The summed E-state index contributed by atoms with van der Waals surface area (Å²) in [5.74, 6) is 0.878. The molecule has 0 aromatic carbocycles. The second kappa shape index (κ2) is 4.91. The number of nitrogens with zero attached hydrogens (tertiary/aromatic N) is 4. The Morgan fingerprint density at radius 3 is 3.11 bits per heavy atom. The summed E-state index contributed by atoms with van der Waals surface area (Å²) in [7, 11) is 1.75. The molecule has 3 N–H and O–H groups in total. The van der Waals surface area contributed by atoms with E-state index in [1.54, 1.807) is 34.9 Å². The molecule has 2 aromatic heterocycles. The zero-order valence-corrected chi connectivity index (χ0v) is 10.4. The minimum Gasteiger partial charge on any atom is -0.382 e. The first-order valence-electron chi connectivity index (χ1n) is 5.69. The number of nitrogen functional groups attached to an aromatic ring is 1. The zero-order valence-electron chi connectivity index (χ0n) is 10.4. The van der Waals surface area contributed by atoms with Crippen LogP contribution in [0.4, 0.5) is 11.6 Å². The molecule has 1 amide bonds. The van der Waals surface area contributed by atoms with Gasteiger partial charge in [-0.1, -0.05) is 0 Å². The van der Waals surface area contributed by atoms with Crippen LogP contribution in [0.5, 0.6) is 0 Å². The normalized spacial score (nSPS) is 10.6. The van der Waals surface area contributed by atoms with E-state index in [-0.39, 0.29) is 12.5 Å². The Hall–Kier alpha value is -2.31. The van der Waals surface area contributed by atoms with E-state index in [4.69, 9.17) is 5.73 Å². The fraction of sp³-hybridized carbons (Fsp3) is 0.364. The first-order valence-corrected chi connectivity index (χ1v) is 5.69. The smallest absolute Gasteiger partial charge is 0.241 e. The van der Waals surface area contributed by atoms with Gasteiger partial charge in [-0.05, 0) is 6.92 Å². The number of aromatic nitrogens is 3. The fourth-order valence-corrected chi connectivity index (χ4v) is 1.54. The van der Waals surface area contributed by atoms with E-state index in [1.165, 1.54) is 0 Å². The quantitative estimate of drug-likeness (QED) is 0.807. The van der Waals surface area contributed by atoms with Crippen LogP contribution in [0.1, 0.15) is 6.92 Å². The van der Waals surface area contributed by atoms with Gasteiger partial charge in [0, 0.05) is 26.0 Å². The van der Waals surface area contributed by atoms with Crippen LogP contribution in [-0.2, 0) is 4.79 Å². The third-order valence-electron chi connectivity index (χ3n) is 2.70. The highest BCUT2D eigenvalue weighted by Gasteiger charge is 2.10. The molecule has 0 bridgehead atoms. The number of rotatable bonds is 4. The van der Waals surface area contributed by atoms with Crippen LogP contribution in [0.2, 0.25) is 0 Å². The van der Waals surface area contributed by atoms with Crippen molar-refractivity contribution in [3.63, 3.8) is 0 Å². The van der Waals surface area contributed by atoms with Crippen molar-refractivity contribution in [3.05, 3.63) is 18.6 Å². The summed E-state index contributed by atoms with van der Waals surface area (Å²) in [6.07, 6.45) is 5.10. The van der Waals surface area contributed by atoms with Crippen molar-refractivity contribution in [2.24, 2.45) is 0 Å². The Bertz CT molecular complexity index is 564. The topological polar surface area (TPSA) is 88.5 Å². The Labute approximate surface area is 105 Å². The predicted octanol–water partition coefficient (Wildman–Crippen LogP) is 0.202. The van der Waals surface area contributed by atoms with E-state index >= 15 is 0 Å². The number of anilines is 2. The van der Waals surface area contributed by atoms with Gasteiger partial charge in [-0.15, -0.1) is 0 Å². The second-order valence-corrected chi connectivity index (χ2v) is 3.93. The number of imidazole rings is 1. The standard InChI is InChI=1S/C11H16N6O/c1-3-16(2)9(18)6-14-10-11-13-4-5-17(11)7-8(12)15-10/h4-5,7H,3,6,12H2,1-2H3,(H,14,15). The van der Waals surface area contributed by atoms with Crippen LogP contribution >= 0.6 is 0 Å². The molecule has 18 heavy (non-hydrogen) atoms. The number of nitrogens with two attached hydrogens (primary N) is 1.